The zero-order chi connectivity index (χ0) is 10.7. The summed E-state index contributed by atoms with van der Waals surface area (Å²) in [5.41, 5.74) is 0. The Kier molecular flexibility index (Phi) is 15.1. The smallest absolute Gasteiger partial charge is 0.123 e. The Morgan fingerprint density at radius 3 is 1.31 bits per heavy atom. The van der Waals surface area contributed by atoms with Gasteiger partial charge in [0.15, 0.2) is 0 Å². The molecule has 0 amide bonds. The maximum Gasteiger partial charge on any atom is 0.123 e. The quantitative estimate of drug-likeness (QED) is 0.479. The van der Waals surface area contributed by atoms with E-state index in [1.807, 2.05) is 32.7 Å². The number of rotatable bonds is 0. The topological polar surface area (TPSA) is 24.7 Å². The molecule has 0 aromatic carbocycles. The molecule has 0 fully saturated rings. The predicted molar refractivity (Wildman–Crippen MR) is 72.9 cm³/mol. The maximum atomic E-state index is 3.97. The molecule has 0 aromatic rings. The van der Waals surface area contributed by atoms with E-state index in [9.17, 15) is 0 Å². The van der Waals surface area contributed by atoms with E-state index in [1.165, 1.54) is 0 Å². The number of hydrogen-bond acceptors (Lipinski definition) is 5. The molecule has 5 heteroatoms. The van der Waals surface area contributed by atoms with Gasteiger partial charge in [-0.15, -0.1) is 35.3 Å². The summed E-state index contributed by atoms with van der Waals surface area (Å²) in [5, 5.41) is 1.13. The Labute approximate surface area is 94.5 Å². The van der Waals surface area contributed by atoms with Gasteiger partial charge in [0, 0.05) is 14.1 Å². The fourth-order valence-electron chi connectivity index (χ4n) is 0.357. The lowest BCUT2D eigenvalue weighted by Crippen LogP contribution is -1.77. The molecule has 0 aliphatic carbocycles. The van der Waals surface area contributed by atoms with E-state index < -0.39 is 0 Å². The van der Waals surface area contributed by atoms with Gasteiger partial charge in [0.05, 0.1) is 5.04 Å². The van der Waals surface area contributed by atoms with Crippen LogP contribution in [0.1, 0.15) is 6.92 Å². The van der Waals surface area contributed by atoms with Crippen LogP contribution in [0.3, 0.4) is 0 Å². The first-order chi connectivity index (χ1) is 6.15. The van der Waals surface area contributed by atoms with Crippen LogP contribution in [0.5, 0.6) is 0 Å². The molecule has 0 saturated heterocycles. The molecule has 0 unspecified atom stereocenters. The highest BCUT2D eigenvalue weighted by atomic mass is 32.2. The van der Waals surface area contributed by atoms with E-state index in [0.717, 1.165) is 9.42 Å². The molecular formula is C8H18N2S3. The number of aliphatic imine (C=N–C) groups is 2. The van der Waals surface area contributed by atoms with Gasteiger partial charge in [-0.3, -0.25) is 9.98 Å². The first kappa shape index (κ1) is 15.8. The average Bonchev–Trinajstić information content (AvgIpc) is 2.20. The van der Waals surface area contributed by atoms with Crippen molar-refractivity contribution in [1.29, 1.82) is 0 Å². The van der Waals surface area contributed by atoms with Crippen LogP contribution >= 0.6 is 35.3 Å². The highest BCUT2D eigenvalue weighted by Gasteiger charge is 1.85. The average molecular weight is 238 g/mol. The fraction of sp³-hybridized carbons (Fsp3) is 0.750. The van der Waals surface area contributed by atoms with Crippen molar-refractivity contribution in [1.82, 2.24) is 0 Å². The zero-order valence-corrected chi connectivity index (χ0v) is 11.6. The summed E-state index contributed by atoms with van der Waals surface area (Å²) in [6, 6.07) is 0. The second-order valence-electron chi connectivity index (χ2n) is 1.84. The first-order valence-electron chi connectivity index (χ1n) is 3.68. The van der Waals surface area contributed by atoms with Crippen LogP contribution in [-0.2, 0) is 0 Å². The minimum Gasteiger partial charge on any atom is -0.287 e. The standard InChI is InChI=1S/C4H9NS2.C4H9NS/c1-5-4(6-2)7-3;1-4(5-2)6-3/h1-3H3;1-3H3. The van der Waals surface area contributed by atoms with E-state index in [0.29, 0.717) is 0 Å². The number of nitrogens with zero attached hydrogens (tertiary/aromatic N) is 2. The van der Waals surface area contributed by atoms with E-state index >= 15 is 0 Å². The molecule has 0 bridgehead atoms. The summed E-state index contributed by atoms with van der Waals surface area (Å²) in [6.07, 6.45) is 6.07. The van der Waals surface area contributed by atoms with Crippen molar-refractivity contribution in [3.63, 3.8) is 0 Å². The van der Waals surface area contributed by atoms with Crippen LogP contribution in [0.25, 0.3) is 0 Å². The second kappa shape index (κ2) is 12.4. The molecule has 0 atom stereocenters. The monoisotopic (exact) mass is 238 g/mol. The van der Waals surface area contributed by atoms with Crippen LogP contribution in [0.2, 0.25) is 0 Å². The van der Waals surface area contributed by atoms with Gasteiger partial charge in [-0.2, -0.15) is 0 Å². The fourth-order valence-corrected chi connectivity index (χ4v) is 1.57. The van der Waals surface area contributed by atoms with Crippen molar-refractivity contribution in [2.45, 2.75) is 6.92 Å². The Hall–Kier alpha value is 0.390. The van der Waals surface area contributed by atoms with E-state index in [4.69, 9.17) is 0 Å². The SMILES string of the molecule is CN=C(C)SC.CN=C(SC)SC. The highest BCUT2D eigenvalue weighted by molar-refractivity contribution is 8.38. The van der Waals surface area contributed by atoms with Crippen molar-refractivity contribution >= 4 is 44.7 Å². The first-order valence-corrected chi connectivity index (χ1v) is 7.35. The molecule has 0 N–H and O–H groups in total. The van der Waals surface area contributed by atoms with Crippen molar-refractivity contribution in [3.05, 3.63) is 0 Å². The zero-order valence-electron chi connectivity index (χ0n) is 9.12. The normalized spacial score (nSPS) is 10.2. The largest absolute Gasteiger partial charge is 0.287 e. The van der Waals surface area contributed by atoms with Crippen LogP contribution in [0, 0.1) is 0 Å². The molecular weight excluding hydrogens is 220 g/mol. The third-order valence-corrected chi connectivity index (χ3v) is 3.98. The maximum absolute atomic E-state index is 3.97. The highest BCUT2D eigenvalue weighted by Crippen LogP contribution is 2.08. The lowest BCUT2D eigenvalue weighted by Gasteiger charge is -1.90. The minimum absolute atomic E-state index is 1.13. The molecule has 0 aromatic heterocycles. The van der Waals surface area contributed by atoms with Crippen molar-refractivity contribution in [2.75, 3.05) is 32.9 Å². The van der Waals surface area contributed by atoms with E-state index in [2.05, 4.69) is 9.98 Å². The molecule has 78 valence electrons. The van der Waals surface area contributed by atoms with Gasteiger partial charge >= 0.3 is 0 Å². The molecule has 2 nitrogen and oxygen atoms in total. The van der Waals surface area contributed by atoms with Crippen molar-refractivity contribution < 1.29 is 0 Å². The van der Waals surface area contributed by atoms with Crippen LogP contribution in [0.4, 0.5) is 0 Å². The molecule has 0 rings (SSSR count). The third kappa shape index (κ3) is 12.4. The van der Waals surface area contributed by atoms with Crippen LogP contribution in [-0.4, -0.2) is 42.3 Å². The summed E-state index contributed by atoms with van der Waals surface area (Å²) in [5.74, 6) is 0. The molecule has 13 heavy (non-hydrogen) atoms. The Morgan fingerprint density at radius 2 is 1.31 bits per heavy atom. The molecule has 0 radical (unpaired) electrons. The summed E-state index contributed by atoms with van der Waals surface area (Å²) < 4.78 is 1.14. The van der Waals surface area contributed by atoms with Crippen molar-refractivity contribution in [3.8, 4) is 0 Å². The summed E-state index contributed by atoms with van der Waals surface area (Å²) in [7, 11) is 3.61. The van der Waals surface area contributed by atoms with Crippen LogP contribution < -0.4 is 0 Å². The van der Waals surface area contributed by atoms with E-state index in [-0.39, 0.29) is 0 Å². The minimum atomic E-state index is 1.13. The van der Waals surface area contributed by atoms with Gasteiger partial charge < -0.3 is 0 Å². The summed E-state index contributed by atoms with van der Waals surface area (Å²) >= 11 is 5.04. The van der Waals surface area contributed by atoms with Gasteiger partial charge in [0.2, 0.25) is 0 Å². The van der Waals surface area contributed by atoms with Crippen molar-refractivity contribution in [2.24, 2.45) is 9.98 Å². The summed E-state index contributed by atoms with van der Waals surface area (Å²) in [4.78, 5) is 7.85. The van der Waals surface area contributed by atoms with Crippen LogP contribution in [0.15, 0.2) is 9.98 Å². The second-order valence-corrected chi connectivity index (χ2v) is 4.69. The molecule has 0 aliphatic heterocycles. The lowest BCUT2D eigenvalue weighted by molar-refractivity contribution is 1.45. The molecule has 0 aliphatic rings. The number of hydrogen-bond donors (Lipinski definition) is 0. The van der Waals surface area contributed by atoms with Gasteiger partial charge in [0.1, 0.15) is 4.38 Å². The molecule has 0 spiro atoms. The third-order valence-electron chi connectivity index (χ3n) is 1.14. The Morgan fingerprint density at radius 1 is 0.846 bits per heavy atom. The lowest BCUT2D eigenvalue weighted by atomic mass is 10.9. The van der Waals surface area contributed by atoms with Gasteiger partial charge in [-0.05, 0) is 25.7 Å². The molecule has 0 heterocycles. The Bertz CT molecular complexity index is 161. The predicted octanol–water partition coefficient (Wildman–Crippen LogP) is 3.10. The van der Waals surface area contributed by atoms with Gasteiger partial charge in [0.25, 0.3) is 0 Å². The Balaban J connectivity index is 0. The van der Waals surface area contributed by atoms with E-state index in [1.54, 1.807) is 42.3 Å². The molecule has 0 saturated carbocycles. The van der Waals surface area contributed by atoms with Gasteiger partial charge in [-0.1, -0.05) is 0 Å². The number of thioether (sulfide) groups is 3. The summed E-state index contributed by atoms with van der Waals surface area (Å²) in [6.45, 7) is 1.99. The van der Waals surface area contributed by atoms with Gasteiger partial charge in [-0.25, -0.2) is 0 Å².